The zero-order chi connectivity index (χ0) is 13.1. The van der Waals surface area contributed by atoms with Crippen LogP contribution >= 0.6 is 0 Å². The molecule has 0 spiro atoms. The molecule has 1 aromatic carbocycles. The molecule has 2 rings (SSSR count). The molecule has 1 N–H and O–H groups in total. The minimum Gasteiger partial charge on any atom is -0.341 e. The normalized spacial score (nSPS) is 18.9. The van der Waals surface area contributed by atoms with Crippen LogP contribution in [0.15, 0.2) is 18.2 Å². The van der Waals surface area contributed by atoms with Gasteiger partial charge in [-0.15, -0.1) is 0 Å². The topological polar surface area (TPSA) is 32.3 Å². The Labute approximate surface area is 105 Å². The Kier molecular flexibility index (Phi) is 3.91. The first-order valence-corrected chi connectivity index (χ1v) is 5.98. The summed E-state index contributed by atoms with van der Waals surface area (Å²) in [5.74, 6) is -1.44. The Morgan fingerprint density at radius 2 is 2.28 bits per heavy atom. The van der Waals surface area contributed by atoms with Crippen LogP contribution in [0.1, 0.15) is 12.0 Å². The first kappa shape index (κ1) is 13.0. The predicted octanol–water partition coefficient (Wildman–Crippen LogP) is 1.33. The molecule has 1 amide bonds. The molecule has 0 saturated carbocycles. The molecule has 0 aromatic heterocycles. The molecule has 1 aliphatic heterocycles. The van der Waals surface area contributed by atoms with Gasteiger partial charge in [-0.25, -0.2) is 8.78 Å². The third-order valence-corrected chi connectivity index (χ3v) is 3.33. The highest BCUT2D eigenvalue weighted by Crippen LogP contribution is 2.13. The second-order valence-electron chi connectivity index (χ2n) is 4.56. The summed E-state index contributed by atoms with van der Waals surface area (Å²) in [5, 5.41) is 3.17. The summed E-state index contributed by atoms with van der Waals surface area (Å²) in [6.07, 6.45) is 0.882. The van der Waals surface area contributed by atoms with E-state index in [2.05, 4.69) is 5.32 Å². The maximum absolute atomic E-state index is 13.4. The number of rotatable bonds is 3. The summed E-state index contributed by atoms with van der Waals surface area (Å²) in [5.41, 5.74) is 0.235. The van der Waals surface area contributed by atoms with Gasteiger partial charge in [-0.05, 0) is 24.6 Å². The Hall–Kier alpha value is -1.49. The van der Waals surface area contributed by atoms with E-state index in [1.165, 1.54) is 12.1 Å². The molecule has 0 aliphatic carbocycles. The van der Waals surface area contributed by atoms with Crippen LogP contribution in [0.3, 0.4) is 0 Å². The molecule has 18 heavy (non-hydrogen) atoms. The van der Waals surface area contributed by atoms with E-state index in [-0.39, 0.29) is 23.9 Å². The van der Waals surface area contributed by atoms with Crippen molar-refractivity contribution in [1.29, 1.82) is 0 Å². The molecule has 1 fully saturated rings. The number of nitrogens with zero attached hydrogens (tertiary/aromatic N) is 1. The Morgan fingerprint density at radius 3 is 2.89 bits per heavy atom. The molecular formula is C13H16F2N2O. The number of carbonyl (C=O) groups excluding carboxylic acids is 1. The first-order valence-electron chi connectivity index (χ1n) is 5.98. The lowest BCUT2D eigenvalue weighted by Crippen LogP contribution is -2.39. The van der Waals surface area contributed by atoms with Crippen molar-refractivity contribution in [2.24, 2.45) is 0 Å². The van der Waals surface area contributed by atoms with E-state index in [1.54, 1.807) is 11.9 Å². The Bertz CT molecular complexity index is 445. The van der Waals surface area contributed by atoms with Gasteiger partial charge in [-0.1, -0.05) is 6.07 Å². The number of hydrogen-bond acceptors (Lipinski definition) is 2. The van der Waals surface area contributed by atoms with Crippen molar-refractivity contribution in [3.05, 3.63) is 35.4 Å². The van der Waals surface area contributed by atoms with E-state index in [1.807, 2.05) is 0 Å². The standard InChI is InChI=1S/C13H16F2N2O/c1-17(11-4-5-16-8-11)13(18)6-9-2-3-10(14)7-12(9)15/h2-3,7,11,16H,4-6,8H2,1H3. The largest absolute Gasteiger partial charge is 0.341 e. The maximum atomic E-state index is 13.4. The lowest BCUT2D eigenvalue weighted by atomic mass is 10.1. The fourth-order valence-corrected chi connectivity index (χ4v) is 2.13. The number of halogens is 2. The predicted molar refractivity (Wildman–Crippen MR) is 64.1 cm³/mol. The van der Waals surface area contributed by atoms with Crippen molar-refractivity contribution in [2.45, 2.75) is 18.9 Å². The van der Waals surface area contributed by atoms with Crippen LogP contribution in [-0.4, -0.2) is 37.0 Å². The minimum atomic E-state index is -0.665. The highest BCUT2D eigenvalue weighted by molar-refractivity contribution is 5.79. The lowest BCUT2D eigenvalue weighted by Gasteiger charge is -2.23. The third-order valence-electron chi connectivity index (χ3n) is 3.33. The van der Waals surface area contributed by atoms with Crippen molar-refractivity contribution >= 4 is 5.91 Å². The van der Waals surface area contributed by atoms with E-state index in [0.717, 1.165) is 25.6 Å². The third kappa shape index (κ3) is 2.85. The smallest absolute Gasteiger partial charge is 0.227 e. The van der Waals surface area contributed by atoms with E-state index >= 15 is 0 Å². The van der Waals surface area contributed by atoms with Crippen LogP contribution < -0.4 is 5.32 Å². The molecule has 1 saturated heterocycles. The average Bonchev–Trinajstić information content (AvgIpc) is 2.85. The van der Waals surface area contributed by atoms with Crippen molar-refractivity contribution in [3.63, 3.8) is 0 Å². The summed E-state index contributed by atoms with van der Waals surface area (Å²) < 4.78 is 26.2. The quantitative estimate of drug-likeness (QED) is 0.882. The van der Waals surface area contributed by atoms with Gasteiger partial charge in [0.25, 0.3) is 0 Å². The van der Waals surface area contributed by atoms with Gasteiger partial charge < -0.3 is 10.2 Å². The van der Waals surface area contributed by atoms with E-state index < -0.39 is 11.6 Å². The molecule has 0 bridgehead atoms. The summed E-state index contributed by atoms with van der Waals surface area (Å²) in [6.45, 7) is 1.67. The Balaban J connectivity index is 2.01. The summed E-state index contributed by atoms with van der Waals surface area (Å²) in [4.78, 5) is 13.6. The molecule has 5 heteroatoms. The van der Waals surface area contributed by atoms with Crippen LogP contribution in [0.5, 0.6) is 0 Å². The minimum absolute atomic E-state index is 0.0287. The monoisotopic (exact) mass is 254 g/mol. The van der Waals surface area contributed by atoms with Crippen LogP contribution in [0, 0.1) is 11.6 Å². The highest BCUT2D eigenvalue weighted by atomic mass is 19.1. The molecule has 1 unspecified atom stereocenters. The van der Waals surface area contributed by atoms with Gasteiger partial charge in [-0.3, -0.25) is 4.79 Å². The van der Waals surface area contributed by atoms with Crippen molar-refractivity contribution in [3.8, 4) is 0 Å². The van der Waals surface area contributed by atoms with Gasteiger partial charge in [0.05, 0.1) is 6.42 Å². The van der Waals surface area contributed by atoms with E-state index in [4.69, 9.17) is 0 Å². The molecule has 98 valence electrons. The van der Waals surface area contributed by atoms with Crippen LogP contribution in [0.25, 0.3) is 0 Å². The average molecular weight is 254 g/mol. The van der Waals surface area contributed by atoms with E-state index in [9.17, 15) is 13.6 Å². The molecular weight excluding hydrogens is 238 g/mol. The maximum Gasteiger partial charge on any atom is 0.227 e. The zero-order valence-electron chi connectivity index (χ0n) is 10.2. The summed E-state index contributed by atoms with van der Waals surface area (Å²) in [7, 11) is 1.72. The number of likely N-dealkylation sites (N-methyl/N-ethyl adjacent to an activating group) is 1. The Morgan fingerprint density at radius 1 is 1.50 bits per heavy atom. The lowest BCUT2D eigenvalue weighted by molar-refractivity contribution is -0.130. The number of carbonyl (C=O) groups is 1. The van der Waals surface area contributed by atoms with Gasteiger partial charge in [0, 0.05) is 25.7 Å². The fraction of sp³-hybridized carbons (Fsp3) is 0.462. The van der Waals surface area contributed by atoms with Gasteiger partial charge in [0.1, 0.15) is 11.6 Å². The van der Waals surface area contributed by atoms with Crippen LogP contribution in [-0.2, 0) is 11.2 Å². The summed E-state index contributed by atoms with van der Waals surface area (Å²) in [6, 6.07) is 3.47. The number of nitrogens with one attached hydrogen (secondary N) is 1. The molecule has 1 atom stereocenters. The van der Waals surface area contributed by atoms with Crippen LogP contribution in [0.4, 0.5) is 8.78 Å². The van der Waals surface area contributed by atoms with Gasteiger partial charge in [-0.2, -0.15) is 0 Å². The molecule has 0 radical (unpaired) electrons. The van der Waals surface area contributed by atoms with Crippen LogP contribution in [0.2, 0.25) is 0 Å². The fourth-order valence-electron chi connectivity index (χ4n) is 2.13. The van der Waals surface area contributed by atoms with Crippen molar-refractivity contribution in [1.82, 2.24) is 10.2 Å². The first-order chi connectivity index (χ1) is 8.58. The summed E-state index contributed by atoms with van der Waals surface area (Å²) >= 11 is 0. The highest BCUT2D eigenvalue weighted by Gasteiger charge is 2.23. The molecule has 3 nitrogen and oxygen atoms in total. The molecule has 1 aliphatic rings. The zero-order valence-corrected chi connectivity index (χ0v) is 10.2. The second-order valence-corrected chi connectivity index (χ2v) is 4.56. The number of benzene rings is 1. The molecule has 1 aromatic rings. The van der Waals surface area contributed by atoms with Gasteiger partial charge >= 0.3 is 0 Å². The number of amides is 1. The second kappa shape index (κ2) is 5.44. The SMILES string of the molecule is CN(C(=O)Cc1ccc(F)cc1F)C1CCNC1. The molecule has 1 heterocycles. The van der Waals surface area contributed by atoms with Gasteiger partial charge in [0.2, 0.25) is 5.91 Å². The van der Waals surface area contributed by atoms with Crippen molar-refractivity contribution < 1.29 is 13.6 Å². The number of hydrogen-bond donors (Lipinski definition) is 1. The van der Waals surface area contributed by atoms with Crippen molar-refractivity contribution in [2.75, 3.05) is 20.1 Å². The van der Waals surface area contributed by atoms with Gasteiger partial charge in [0.15, 0.2) is 0 Å². The van der Waals surface area contributed by atoms with E-state index in [0.29, 0.717) is 0 Å².